The first-order chi connectivity index (χ1) is 11.4. The third kappa shape index (κ3) is 3.34. The van der Waals surface area contributed by atoms with Crippen molar-refractivity contribution in [1.29, 1.82) is 0 Å². The Hall–Kier alpha value is -2.19. The van der Waals surface area contributed by atoms with Crippen molar-refractivity contribution < 1.29 is 17.9 Å². The van der Waals surface area contributed by atoms with Crippen LogP contribution in [0.3, 0.4) is 0 Å². The van der Waals surface area contributed by atoms with Crippen molar-refractivity contribution in [2.24, 2.45) is 0 Å². The Labute approximate surface area is 140 Å². The van der Waals surface area contributed by atoms with Crippen LogP contribution in [-0.4, -0.2) is 37.3 Å². The van der Waals surface area contributed by atoms with Gasteiger partial charge in [0.05, 0.1) is 22.9 Å². The van der Waals surface area contributed by atoms with Gasteiger partial charge in [0.15, 0.2) is 9.84 Å². The fraction of sp³-hybridized carbons (Fsp3) is 0.375. The highest BCUT2D eigenvalue weighted by Crippen LogP contribution is 2.32. The molecule has 24 heavy (non-hydrogen) atoms. The van der Waals surface area contributed by atoms with Gasteiger partial charge in [0.25, 0.3) is 5.91 Å². The number of nitrogens with one attached hydrogen (secondary N) is 1. The molecule has 2 aromatic rings. The zero-order valence-electron chi connectivity index (χ0n) is 13.6. The van der Waals surface area contributed by atoms with Crippen molar-refractivity contribution in [3.63, 3.8) is 0 Å². The first-order valence-corrected chi connectivity index (χ1v) is 9.47. The van der Waals surface area contributed by atoms with E-state index in [4.69, 9.17) is 4.74 Å². The van der Waals surface area contributed by atoms with Crippen molar-refractivity contribution in [2.45, 2.75) is 25.4 Å². The number of carbonyl (C=O) groups is 1. The summed E-state index contributed by atoms with van der Waals surface area (Å²) in [4.78, 5) is 12.0. The Morgan fingerprint density at radius 3 is 2.67 bits per heavy atom. The van der Waals surface area contributed by atoms with Gasteiger partial charge in [-0.3, -0.25) is 4.79 Å². The van der Waals surface area contributed by atoms with E-state index in [-0.39, 0.29) is 24.0 Å². The lowest BCUT2D eigenvalue weighted by Crippen LogP contribution is -2.21. The van der Waals surface area contributed by atoms with Crippen LogP contribution >= 0.6 is 0 Å². The second kappa shape index (κ2) is 6.37. The minimum Gasteiger partial charge on any atom is -0.372 e. The van der Waals surface area contributed by atoms with Gasteiger partial charge in [0, 0.05) is 12.2 Å². The molecule has 1 aromatic carbocycles. The molecule has 0 unspecified atom stereocenters. The molecular formula is C16H19N3O4S. The largest absolute Gasteiger partial charge is 0.372 e. The summed E-state index contributed by atoms with van der Waals surface area (Å²) in [6, 6.07) is 7.63. The van der Waals surface area contributed by atoms with Gasteiger partial charge in [-0.1, -0.05) is 17.7 Å². The lowest BCUT2D eigenvalue weighted by molar-refractivity contribution is -0.120. The van der Waals surface area contributed by atoms with E-state index in [0.29, 0.717) is 23.7 Å². The number of hydrogen-bond donors (Lipinski definition) is 1. The van der Waals surface area contributed by atoms with Crippen LogP contribution in [-0.2, 0) is 30.9 Å². The van der Waals surface area contributed by atoms with Gasteiger partial charge < -0.3 is 10.1 Å². The molecule has 1 aliphatic rings. The van der Waals surface area contributed by atoms with Gasteiger partial charge in [-0.2, -0.15) is 5.10 Å². The molecule has 0 atom stereocenters. The molecule has 0 saturated carbocycles. The predicted molar refractivity (Wildman–Crippen MR) is 89.8 cm³/mol. The summed E-state index contributed by atoms with van der Waals surface area (Å²) in [5, 5.41) is 7.15. The van der Waals surface area contributed by atoms with E-state index in [1.165, 1.54) is 0 Å². The number of fused-ring (bicyclic) bond motifs is 1. The number of benzene rings is 1. The second-order valence-electron chi connectivity index (χ2n) is 5.74. The molecular weight excluding hydrogens is 330 g/mol. The van der Waals surface area contributed by atoms with Crippen LogP contribution in [0.2, 0.25) is 0 Å². The smallest absolute Gasteiger partial charge is 0.251 e. The summed E-state index contributed by atoms with van der Waals surface area (Å²) < 4.78 is 30.4. The summed E-state index contributed by atoms with van der Waals surface area (Å²) in [6.07, 6.45) is 0. The average Bonchev–Trinajstić information content (AvgIpc) is 2.99. The van der Waals surface area contributed by atoms with E-state index in [9.17, 15) is 13.2 Å². The molecule has 1 N–H and O–H groups in total. The highest BCUT2D eigenvalue weighted by molar-refractivity contribution is 7.90. The highest BCUT2D eigenvalue weighted by atomic mass is 32.2. The first kappa shape index (κ1) is 16.7. The molecule has 0 fully saturated rings. The number of nitrogens with zero attached hydrogens (tertiary/aromatic N) is 2. The van der Waals surface area contributed by atoms with Crippen molar-refractivity contribution in [2.75, 3.05) is 18.5 Å². The molecule has 0 radical (unpaired) electrons. The van der Waals surface area contributed by atoms with Gasteiger partial charge in [-0.15, -0.1) is 0 Å². The molecule has 8 heteroatoms. The SMILES string of the molecule is CCOCC(=O)Nc1c2c(nn1-c1ccc(C)cc1)CS(=O)(=O)C2. The zero-order chi connectivity index (χ0) is 17.3. The summed E-state index contributed by atoms with van der Waals surface area (Å²) in [5.74, 6) is -0.148. The maximum absolute atomic E-state index is 12.0. The molecule has 1 aromatic heterocycles. The topological polar surface area (TPSA) is 90.3 Å². The van der Waals surface area contributed by atoms with Gasteiger partial charge in [-0.05, 0) is 26.0 Å². The number of hydrogen-bond acceptors (Lipinski definition) is 5. The predicted octanol–water partition coefficient (Wildman–Crippen LogP) is 1.58. The van der Waals surface area contributed by atoms with E-state index >= 15 is 0 Å². The van der Waals surface area contributed by atoms with Gasteiger partial charge in [0.2, 0.25) is 0 Å². The number of aryl methyl sites for hydroxylation is 1. The quantitative estimate of drug-likeness (QED) is 0.885. The van der Waals surface area contributed by atoms with Crippen molar-refractivity contribution in [3.05, 3.63) is 41.1 Å². The number of sulfone groups is 1. The van der Waals surface area contributed by atoms with Crippen LogP contribution < -0.4 is 5.32 Å². The highest BCUT2D eigenvalue weighted by Gasteiger charge is 2.33. The van der Waals surface area contributed by atoms with Gasteiger partial charge >= 0.3 is 0 Å². The second-order valence-corrected chi connectivity index (χ2v) is 7.80. The van der Waals surface area contributed by atoms with Crippen molar-refractivity contribution in [3.8, 4) is 5.69 Å². The molecule has 0 spiro atoms. The van der Waals surface area contributed by atoms with Crippen molar-refractivity contribution >= 4 is 21.6 Å². The summed E-state index contributed by atoms with van der Waals surface area (Å²) in [5.41, 5.74) is 2.91. The van der Waals surface area contributed by atoms with E-state index in [0.717, 1.165) is 11.3 Å². The summed E-state index contributed by atoms with van der Waals surface area (Å²) in [7, 11) is -3.20. The minimum absolute atomic E-state index is 0.0862. The molecule has 0 saturated heterocycles. The molecule has 1 aliphatic heterocycles. The molecule has 3 rings (SSSR count). The molecule has 7 nitrogen and oxygen atoms in total. The number of carbonyl (C=O) groups excluding carboxylic acids is 1. The van der Waals surface area contributed by atoms with Crippen LogP contribution in [0.5, 0.6) is 0 Å². The van der Waals surface area contributed by atoms with Gasteiger partial charge in [-0.25, -0.2) is 13.1 Å². The van der Waals surface area contributed by atoms with Crippen LogP contribution in [0.15, 0.2) is 24.3 Å². The van der Waals surface area contributed by atoms with E-state index < -0.39 is 9.84 Å². The van der Waals surface area contributed by atoms with Crippen LogP contribution in [0.1, 0.15) is 23.7 Å². The maximum Gasteiger partial charge on any atom is 0.251 e. The molecule has 0 bridgehead atoms. The Balaban J connectivity index is 2.00. The summed E-state index contributed by atoms with van der Waals surface area (Å²) in [6.45, 7) is 4.12. The molecule has 0 aliphatic carbocycles. The first-order valence-electron chi connectivity index (χ1n) is 7.65. The fourth-order valence-electron chi connectivity index (χ4n) is 2.61. The Kier molecular flexibility index (Phi) is 4.42. The van der Waals surface area contributed by atoms with Crippen LogP contribution in [0, 0.1) is 6.92 Å². The lowest BCUT2D eigenvalue weighted by Gasteiger charge is -2.11. The molecule has 2 heterocycles. The Morgan fingerprint density at radius 1 is 1.29 bits per heavy atom. The minimum atomic E-state index is -3.20. The van der Waals surface area contributed by atoms with Crippen molar-refractivity contribution in [1.82, 2.24) is 9.78 Å². The van der Waals surface area contributed by atoms with Crippen LogP contribution in [0.25, 0.3) is 5.69 Å². The lowest BCUT2D eigenvalue weighted by atomic mass is 10.2. The van der Waals surface area contributed by atoms with Crippen LogP contribution in [0.4, 0.5) is 5.82 Å². The summed E-state index contributed by atoms with van der Waals surface area (Å²) >= 11 is 0. The number of anilines is 1. The third-order valence-electron chi connectivity index (χ3n) is 3.76. The van der Waals surface area contributed by atoms with E-state index in [1.807, 2.05) is 31.2 Å². The number of amides is 1. The third-order valence-corrected chi connectivity index (χ3v) is 5.20. The normalized spacial score (nSPS) is 15.2. The Bertz CT molecular complexity index is 869. The Morgan fingerprint density at radius 2 is 2.00 bits per heavy atom. The van der Waals surface area contributed by atoms with E-state index in [1.54, 1.807) is 11.6 Å². The van der Waals surface area contributed by atoms with E-state index in [2.05, 4.69) is 10.4 Å². The number of rotatable bonds is 5. The molecule has 128 valence electrons. The maximum atomic E-state index is 12.0. The molecule has 1 amide bonds. The standard InChI is InChI=1S/C16H19N3O4S/c1-3-23-8-15(20)17-16-13-9-24(21,22)10-14(13)18-19(16)12-6-4-11(2)5-7-12/h4-7H,3,8-10H2,1-2H3,(H,17,20). The monoisotopic (exact) mass is 349 g/mol. The number of ether oxygens (including phenoxy) is 1. The average molecular weight is 349 g/mol. The van der Waals surface area contributed by atoms with Gasteiger partial charge in [0.1, 0.15) is 12.4 Å². The number of aromatic nitrogens is 2. The zero-order valence-corrected chi connectivity index (χ0v) is 14.4. The fourth-order valence-corrected chi connectivity index (χ4v) is 4.10.